The van der Waals surface area contributed by atoms with Gasteiger partial charge in [-0.05, 0) is 30.5 Å². The molecule has 2 N–H and O–H groups in total. The second kappa shape index (κ2) is 7.34. The van der Waals surface area contributed by atoms with E-state index in [-0.39, 0.29) is 18.0 Å². The third kappa shape index (κ3) is 3.96. The fraction of sp³-hybridized carbons (Fsp3) is 0.316. The van der Waals surface area contributed by atoms with Gasteiger partial charge in [-0.3, -0.25) is 4.40 Å². The van der Waals surface area contributed by atoms with E-state index in [1.807, 2.05) is 60.0 Å². The van der Waals surface area contributed by atoms with Crippen LogP contribution < -0.4 is 10.6 Å². The highest BCUT2D eigenvalue weighted by atomic mass is 16.2. The highest BCUT2D eigenvalue weighted by Crippen LogP contribution is 2.20. The molecule has 6 nitrogen and oxygen atoms in total. The molecular formula is C19H23N5O. The smallest absolute Gasteiger partial charge is 0.315 e. The molecule has 130 valence electrons. The third-order valence-electron chi connectivity index (χ3n) is 4.15. The second-order valence-electron chi connectivity index (χ2n) is 6.52. The molecule has 3 rings (SSSR count). The van der Waals surface area contributed by atoms with Crippen LogP contribution >= 0.6 is 0 Å². The summed E-state index contributed by atoms with van der Waals surface area (Å²) in [7, 11) is 0. The predicted molar refractivity (Wildman–Crippen MR) is 97.1 cm³/mol. The van der Waals surface area contributed by atoms with Crippen LogP contribution in [0.1, 0.15) is 36.8 Å². The van der Waals surface area contributed by atoms with Crippen LogP contribution in [0, 0.1) is 12.8 Å². The van der Waals surface area contributed by atoms with Gasteiger partial charge in [0.15, 0.2) is 11.5 Å². The number of benzene rings is 1. The first-order chi connectivity index (χ1) is 12.0. The maximum absolute atomic E-state index is 12.3. The fourth-order valence-corrected chi connectivity index (χ4v) is 2.68. The number of fused-ring (bicyclic) bond motifs is 1. The molecule has 6 heteroatoms. The number of hydrogen-bond acceptors (Lipinski definition) is 3. The molecule has 0 unspecified atom stereocenters. The summed E-state index contributed by atoms with van der Waals surface area (Å²) in [5.74, 6) is 0.911. The topological polar surface area (TPSA) is 71.3 Å². The molecule has 0 saturated heterocycles. The Labute approximate surface area is 147 Å². The first kappa shape index (κ1) is 17.0. The van der Waals surface area contributed by atoms with Gasteiger partial charge in [0.1, 0.15) is 0 Å². The number of nitrogens with zero attached hydrogens (tertiary/aromatic N) is 3. The Bertz CT molecular complexity index is 854. The van der Waals surface area contributed by atoms with E-state index < -0.39 is 0 Å². The van der Waals surface area contributed by atoms with Gasteiger partial charge in [0.05, 0.1) is 6.04 Å². The van der Waals surface area contributed by atoms with Crippen molar-refractivity contribution in [3.05, 3.63) is 65.6 Å². The Morgan fingerprint density at radius 1 is 1.12 bits per heavy atom. The Morgan fingerprint density at radius 3 is 2.60 bits per heavy atom. The van der Waals surface area contributed by atoms with Gasteiger partial charge in [-0.15, -0.1) is 10.2 Å². The highest BCUT2D eigenvalue weighted by Gasteiger charge is 2.23. The van der Waals surface area contributed by atoms with Gasteiger partial charge in [-0.1, -0.05) is 49.7 Å². The lowest BCUT2D eigenvalue weighted by atomic mass is 10.0. The molecule has 0 aliphatic heterocycles. The van der Waals surface area contributed by atoms with Crippen molar-refractivity contribution in [3.8, 4) is 0 Å². The molecule has 3 aromatic rings. The first-order valence-corrected chi connectivity index (χ1v) is 8.44. The number of aryl methyl sites for hydroxylation is 1. The van der Waals surface area contributed by atoms with E-state index in [0.717, 1.165) is 17.0 Å². The van der Waals surface area contributed by atoms with Crippen LogP contribution in [0.15, 0.2) is 48.7 Å². The summed E-state index contributed by atoms with van der Waals surface area (Å²) in [6.45, 7) is 6.63. The molecule has 1 aromatic carbocycles. The predicted octanol–water partition coefficient (Wildman–Crippen LogP) is 3.23. The van der Waals surface area contributed by atoms with Crippen LogP contribution in [-0.4, -0.2) is 20.6 Å². The number of rotatable bonds is 5. The molecule has 2 heterocycles. The van der Waals surface area contributed by atoms with Crippen LogP contribution in [0.25, 0.3) is 5.65 Å². The van der Waals surface area contributed by atoms with Gasteiger partial charge in [0.2, 0.25) is 0 Å². The molecule has 25 heavy (non-hydrogen) atoms. The summed E-state index contributed by atoms with van der Waals surface area (Å²) in [5, 5.41) is 14.4. The summed E-state index contributed by atoms with van der Waals surface area (Å²) in [6.07, 6.45) is 1.91. The lowest BCUT2D eigenvalue weighted by molar-refractivity contribution is 0.231. The van der Waals surface area contributed by atoms with Crippen molar-refractivity contribution in [2.24, 2.45) is 5.92 Å². The third-order valence-corrected chi connectivity index (χ3v) is 4.15. The quantitative estimate of drug-likeness (QED) is 0.751. The van der Waals surface area contributed by atoms with Gasteiger partial charge >= 0.3 is 6.03 Å². The number of aromatic nitrogens is 3. The van der Waals surface area contributed by atoms with Crippen molar-refractivity contribution in [2.45, 2.75) is 33.4 Å². The van der Waals surface area contributed by atoms with Crippen molar-refractivity contribution in [3.63, 3.8) is 0 Å². The van der Waals surface area contributed by atoms with Gasteiger partial charge in [-0.2, -0.15) is 0 Å². The molecule has 2 aromatic heterocycles. The molecule has 0 radical (unpaired) electrons. The Kier molecular flexibility index (Phi) is 4.97. The maximum atomic E-state index is 12.3. The largest absolute Gasteiger partial charge is 0.334 e. The number of carbonyl (C=O) groups excluding carboxylic acids is 1. The van der Waals surface area contributed by atoms with Gasteiger partial charge < -0.3 is 10.6 Å². The minimum atomic E-state index is -0.226. The van der Waals surface area contributed by atoms with Crippen LogP contribution in [0.2, 0.25) is 0 Å². The van der Waals surface area contributed by atoms with E-state index >= 15 is 0 Å². The summed E-state index contributed by atoms with van der Waals surface area (Å²) in [4.78, 5) is 12.3. The highest BCUT2D eigenvalue weighted by molar-refractivity contribution is 5.74. The van der Waals surface area contributed by atoms with Gasteiger partial charge in [0.25, 0.3) is 0 Å². The molecule has 2 amide bonds. The van der Waals surface area contributed by atoms with E-state index in [4.69, 9.17) is 0 Å². The number of urea groups is 1. The molecule has 0 saturated carbocycles. The fourth-order valence-electron chi connectivity index (χ4n) is 2.68. The van der Waals surface area contributed by atoms with Gasteiger partial charge in [-0.25, -0.2) is 4.79 Å². The summed E-state index contributed by atoms with van der Waals surface area (Å²) >= 11 is 0. The Balaban J connectivity index is 1.69. The number of hydrogen-bond donors (Lipinski definition) is 2. The molecule has 0 aliphatic rings. The van der Waals surface area contributed by atoms with Crippen LogP contribution in [0.3, 0.4) is 0 Å². The van der Waals surface area contributed by atoms with E-state index in [9.17, 15) is 4.79 Å². The Hall–Kier alpha value is -2.89. The molecule has 0 fully saturated rings. The monoisotopic (exact) mass is 337 g/mol. The SMILES string of the molecule is Cc1ccc(CNC(=O)N[C@@H](c2nnc3ccccn23)C(C)C)cc1. The van der Waals surface area contributed by atoms with Crippen LogP contribution in [0.4, 0.5) is 4.79 Å². The first-order valence-electron chi connectivity index (χ1n) is 8.44. The van der Waals surface area contributed by atoms with Crippen LogP contribution in [-0.2, 0) is 6.54 Å². The zero-order chi connectivity index (χ0) is 17.8. The Morgan fingerprint density at radius 2 is 1.88 bits per heavy atom. The summed E-state index contributed by atoms with van der Waals surface area (Å²) < 4.78 is 1.91. The maximum Gasteiger partial charge on any atom is 0.315 e. The number of nitrogens with one attached hydrogen (secondary N) is 2. The molecule has 0 bridgehead atoms. The average Bonchev–Trinajstić information content (AvgIpc) is 3.03. The molecular weight excluding hydrogens is 314 g/mol. The number of amides is 2. The van der Waals surface area contributed by atoms with Crippen molar-refractivity contribution in [1.29, 1.82) is 0 Å². The molecule has 0 aliphatic carbocycles. The standard InChI is InChI=1S/C19H23N5O/c1-13(2)17(18-23-22-16-6-4-5-11-24(16)18)21-19(25)20-12-15-9-7-14(3)8-10-15/h4-11,13,17H,12H2,1-3H3,(H2,20,21,25)/t17-/m1/s1. The van der Waals surface area contributed by atoms with Crippen LogP contribution in [0.5, 0.6) is 0 Å². The lowest BCUT2D eigenvalue weighted by Crippen LogP contribution is -2.40. The zero-order valence-corrected chi connectivity index (χ0v) is 14.7. The van der Waals surface area contributed by atoms with E-state index in [1.54, 1.807) is 0 Å². The average molecular weight is 337 g/mol. The van der Waals surface area contributed by atoms with Crippen molar-refractivity contribution in [1.82, 2.24) is 25.2 Å². The summed E-state index contributed by atoms with van der Waals surface area (Å²) in [6, 6.07) is 13.4. The molecule has 1 atom stereocenters. The zero-order valence-electron chi connectivity index (χ0n) is 14.7. The minimum absolute atomic E-state index is 0.178. The van der Waals surface area contributed by atoms with E-state index in [0.29, 0.717) is 6.54 Å². The van der Waals surface area contributed by atoms with Gasteiger partial charge in [0, 0.05) is 12.7 Å². The van der Waals surface area contributed by atoms with Crippen molar-refractivity contribution < 1.29 is 4.79 Å². The number of carbonyl (C=O) groups is 1. The lowest BCUT2D eigenvalue weighted by Gasteiger charge is -2.21. The van der Waals surface area contributed by atoms with Crippen molar-refractivity contribution >= 4 is 11.7 Å². The summed E-state index contributed by atoms with van der Waals surface area (Å²) in [5.41, 5.74) is 3.03. The van der Waals surface area contributed by atoms with Crippen molar-refractivity contribution in [2.75, 3.05) is 0 Å². The minimum Gasteiger partial charge on any atom is -0.334 e. The second-order valence-corrected chi connectivity index (χ2v) is 6.52. The van der Waals surface area contributed by atoms with E-state index in [2.05, 4.69) is 34.7 Å². The normalized spacial score (nSPS) is 12.3. The number of pyridine rings is 1. The van der Waals surface area contributed by atoms with E-state index in [1.165, 1.54) is 5.56 Å². The molecule has 0 spiro atoms.